The summed E-state index contributed by atoms with van der Waals surface area (Å²) < 4.78 is 38.5. The number of ether oxygens (including phenoxy) is 1. The van der Waals surface area contributed by atoms with Gasteiger partial charge in [-0.25, -0.2) is 0 Å². The van der Waals surface area contributed by atoms with Gasteiger partial charge in [-0.15, -0.1) is 0 Å². The summed E-state index contributed by atoms with van der Waals surface area (Å²) in [6, 6.07) is 0. The highest BCUT2D eigenvalue weighted by molar-refractivity contribution is 4.88. The van der Waals surface area contributed by atoms with Gasteiger partial charge < -0.3 is 4.74 Å². The fraction of sp³-hybridized carbons (Fsp3) is 0.500. The van der Waals surface area contributed by atoms with Crippen molar-refractivity contribution in [3.05, 3.63) is 19.1 Å². The molecule has 0 atom stereocenters. The minimum absolute atomic E-state index is 0.0387. The van der Waals surface area contributed by atoms with Crippen LogP contribution in [-0.4, -0.2) is 19.4 Å². The maximum Gasteiger partial charge on any atom is 0.409 e. The zero-order chi connectivity index (χ0) is 8.04. The van der Waals surface area contributed by atoms with E-state index in [1.165, 1.54) is 0 Å². The molecule has 4 heteroatoms. The number of halogens is 3. The highest BCUT2D eigenvalue weighted by Crippen LogP contribution is 2.15. The summed E-state index contributed by atoms with van der Waals surface area (Å²) in [5, 5.41) is 0. The fourth-order valence-electron chi connectivity index (χ4n) is 0.333. The molecule has 0 amide bonds. The van der Waals surface area contributed by atoms with E-state index < -0.39 is 6.18 Å². The van der Waals surface area contributed by atoms with Crippen molar-refractivity contribution in [1.29, 1.82) is 0 Å². The maximum absolute atomic E-state index is 11.3. The Kier molecular flexibility index (Phi) is 4.11. The van der Waals surface area contributed by atoms with Gasteiger partial charge in [0.25, 0.3) is 0 Å². The molecule has 0 aromatic rings. The molecule has 0 aliphatic heterocycles. The van der Waals surface area contributed by atoms with Crippen molar-refractivity contribution in [3.63, 3.8) is 0 Å². The number of alkyl halides is 3. The molecule has 0 saturated carbocycles. The molecule has 0 rings (SSSR count). The lowest BCUT2D eigenvalue weighted by molar-refractivity contribution is -0.0803. The third kappa shape index (κ3) is 7.49. The molecule has 1 nitrogen and oxygen atoms in total. The predicted octanol–water partition coefficient (Wildman–Crippen LogP) is 1.96. The molecule has 0 saturated heterocycles. The third-order valence-electron chi connectivity index (χ3n) is 0.665. The molecule has 10 heavy (non-hydrogen) atoms. The molecule has 0 N–H and O–H groups in total. The zero-order valence-corrected chi connectivity index (χ0v) is 5.32. The summed E-state index contributed by atoms with van der Waals surface area (Å²) in [5.74, 6) is 0. The van der Waals surface area contributed by atoms with Crippen LogP contribution in [-0.2, 0) is 4.74 Å². The highest BCUT2D eigenvalue weighted by Gasteiger charge is 2.21. The van der Waals surface area contributed by atoms with Gasteiger partial charge in [-0.1, -0.05) is 6.08 Å². The summed E-state index contributed by atoms with van der Waals surface area (Å²) in [7, 11) is 0. The SMILES string of the molecule is [CH2]COCC=CC(F)(F)F. The first-order chi connectivity index (χ1) is 4.56. The summed E-state index contributed by atoms with van der Waals surface area (Å²) in [4.78, 5) is 0. The topological polar surface area (TPSA) is 9.23 Å². The Morgan fingerprint density at radius 1 is 1.40 bits per heavy atom. The molecular formula is C6H8F3O. The number of hydrogen-bond donors (Lipinski definition) is 0. The first-order valence-corrected chi connectivity index (χ1v) is 2.67. The molecule has 0 heterocycles. The van der Waals surface area contributed by atoms with Gasteiger partial charge in [0, 0.05) is 12.7 Å². The van der Waals surface area contributed by atoms with Gasteiger partial charge in [0.1, 0.15) is 0 Å². The first kappa shape index (κ1) is 9.49. The van der Waals surface area contributed by atoms with Crippen LogP contribution in [0.15, 0.2) is 12.2 Å². The molecule has 0 bridgehead atoms. The molecule has 0 aromatic carbocycles. The third-order valence-corrected chi connectivity index (χ3v) is 0.665. The lowest BCUT2D eigenvalue weighted by Gasteiger charge is -1.97. The average molecular weight is 153 g/mol. The normalized spacial score (nSPS) is 12.8. The van der Waals surface area contributed by atoms with E-state index in [1.54, 1.807) is 0 Å². The van der Waals surface area contributed by atoms with Crippen LogP contribution in [0, 0.1) is 6.92 Å². The van der Waals surface area contributed by atoms with Crippen molar-refractivity contribution < 1.29 is 17.9 Å². The summed E-state index contributed by atoms with van der Waals surface area (Å²) in [6.07, 6.45) is -3.18. The number of allylic oxidation sites excluding steroid dienone is 1. The second-order valence-electron chi connectivity index (χ2n) is 1.52. The van der Waals surface area contributed by atoms with Gasteiger partial charge in [0.2, 0.25) is 0 Å². The molecule has 0 aliphatic carbocycles. The quantitative estimate of drug-likeness (QED) is 0.444. The van der Waals surface area contributed by atoms with Gasteiger partial charge in [-0.05, 0) is 6.92 Å². The molecule has 0 unspecified atom stereocenters. The monoisotopic (exact) mass is 153 g/mol. The standard InChI is InChI=1S/C6H8F3O/c1-2-10-5-3-4-6(7,8)9/h3-4H,1-2,5H2. The van der Waals surface area contributed by atoms with Crippen LogP contribution in [0.1, 0.15) is 0 Å². The lowest BCUT2D eigenvalue weighted by atomic mass is 10.5. The van der Waals surface area contributed by atoms with Crippen LogP contribution < -0.4 is 0 Å². The van der Waals surface area contributed by atoms with Crippen molar-refractivity contribution in [3.8, 4) is 0 Å². The predicted molar refractivity (Wildman–Crippen MR) is 31.4 cm³/mol. The summed E-state index contributed by atoms with van der Waals surface area (Å²) in [6.45, 7) is 3.43. The molecule has 59 valence electrons. The van der Waals surface area contributed by atoms with Crippen molar-refractivity contribution >= 4 is 0 Å². The minimum atomic E-state index is -4.23. The van der Waals surface area contributed by atoms with Crippen LogP contribution >= 0.6 is 0 Å². The molecule has 0 spiro atoms. The Labute approximate surface area is 57.5 Å². The highest BCUT2D eigenvalue weighted by atomic mass is 19.4. The maximum atomic E-state index is 11.3. The van der Waals surface area contributed by atoms with E-state index in [1.807, 2.05) is 0 Å². The van der Waals surface area contributed by atoms with Crippen molar-refractivity contribution in [2.45, 2.75) is 6.18 Å². The minimum Gasteiger partial charge on any atom is -0.377 e. The Morgan fingerprint density at radius 3 is 2.40 bits per heavy atom. The smallest absolute Gasteiger partial charge is 0.377 e. The lowest BCUT2D eigenvalue weighted by Crippen LogP contribution is -2.01. The van der Waals surface area contributed by atoms with Crippen LogP contribution in [0.2, 0.25) is 0 Å². The number of hydrogen-bond acceptors (Lipinski definition) is 1. The largest absolute Gasteiger partial charge is 0.409 e. The molecule has 0 aliphatic rings. The molecular weight excluding hydrogens is 145 g/mol. The first-order valence-electron chi connectivity index (χ1n) is 2.67. The van der Waals surface area contributed by atoms with Crippen LogP contribution in [0.3, 0.4) is 0 Å². The van der Waals surface area contributed by atoms with E-state index in [4.69, 9.17) is 0 Å². The Hall–Kier alpha value is -0.510. The van der Waals surface area contributed by atoms with Crippen molar-refractivity contribution in [1.82, 2.24) is 0 Å². The van der Waals surface area contributed by atoms with Crippen LogP contribution in [0.5, 0.6) is 0 Å². The van der Waals surface area contributed by atoms with E-state index in [2.05, 4.69) is 11.7 Å². The van der Waals surface area contributed by atoms with Gasteiger partial charge in [-0.2, -0.15) is 13.2 Å². The van der Waals surface area contributed by atoms with Gasteiger partial charge in [0.15, 0.2) is 0 Å². The van der Waals surface area contributed by atoms with E-state index in [9.17, 15) is 13.2 Å². The van der Waals surface area contributed by atoms with E-state index in [-0.39, 0.29) is 19.3 Å². The Balaban J connectivity index is 3.37. The Bertz CT molecular complexity index is 106. The van der Waals surface area contributed by atoms with E-state index in [0.29, 0.717) is 0 Å². The second kappa shape index (κ2) is 4.33. The van der Waals surface area contributed by atoms with Crippen molar-refractivity contribution in [2.24, 2.45) is 0 Å². The van der Waals surface area contributed by atoms with Crippen molar-refractivity contribution in [2.75, 3.05) is 13.2 Å². The summed E-state index contributed by atoms with van der Waals surface area (Å²) >= 11 is 0. The van der Waals surface area contributed by atoms with Crippen LogP contribution in [0.25, 0.3) is 0 Å². The summed E-state index contributed by atoms with van der Waals surface area (Å²) in [5.41, 5.74) is 0. The fourth-order valence-corrected chi connectivity index (χ4v) is 0.333. The van der Waals surface area contributed by atoms with Gasteiger partial charge >= 0.3 is 6.18 Å². The Morgan fingerprint density at radius 2 is 2.00 bits per heavy atom. The number of rotatable bonds is 3. The van der Waals surface area contributed by atoms with Crippen LogP contribution in [0.4, 0.5) is 13.2 Å². The zero-order valence-electron chi connectivity index (χ0n) is 5.32. The molecule has 0 fully saturated rings. The molecule has 0 aromatic heterocycles. The van der Waals surface area contributed by atoms with E-state index in [0.717, 1.165) is 6.08 Å². The van der Waals surface area contributed by atoms with E-state index >= 15 is 0 Å². The second-order valence-corrected chi connectivity index (χ2v) is 1.52. The molecule has 1 radical (unpaired) electrons. The van der Waals surface area contributed by atoms with Gasteiger partial charge in [-0.3, -0.25) is 0 Å². The van der Waals surface area contributed by atoms with Gasteiger partial charge in [0.05, 0.1) is 6.61 Å². The average Bonchev–Trinajstić information content (AvgIpc) is 1.78.